The predicted octanol–water partition coefficient (Wildman–Crippen LogP) is 2.96. The van der Waals surface area contributed by atoms with Gasteiger partial charge in [-0.2, -0.15) is 13.2 Å². The van der Waals surface area contributed by atoms with E-state index in [1.807, 2.05) is 24.3 Å². The minimum atomic E-state index is -4.50. The van der Waals surface area contributed by atoms with Gasteiger partial charge in [-0.3, -0.25) is 14.4 Å². The highest BCUT2D eigenvalue weighted by molar-refractivity contribution is 5.97. The zero-order valence-corrected chi connectivity index (χ0v) is 15.9. The number of carbonyl (C=O) groups excluding carboxylic acids is 3. The lowest BCUT2D eigenvalue weighted by molar-refractivity contribution is -0.146. The highest BCUT2D eigenvalue weighted by atomic mass is 19.4. The molecule has 0 saturated carbocycles. The molecule has 2 amide bonds. The molecule has 0 bridgehead atoms. The van der Waals surface area contributed by atoms with E-state index in [1.165, 1.54) is 0 Å². The molecule has 0 atom stereocenters. The van der Waals surface area contributed by atoms with Gasteiger partial charge in [-0.05, 0) is 48.7 Å². The molecule has 1 N–H and O–H groups in total. The number of rotatable bonds is 5. The molecule has 0 aliphatic carbocycles. The fraction of sp³-hybridized carbons (Fsp3) is 0.286. The SMILES string of the molecule is O=C(CNC(=O)c1ccc(C(F)(F)F)cc1)OCC(=O)N1CCCc2ccccc21. The van der Waals surface area contributed by atoms with Crippen LogP contribution in [0.3, 0.4) is 0 Å². The zero-order chi connectivity index (χ0) is 21.7. The van der Waals surface area contributed by atoms with Crippen molar-refractivity contribution in [2.45, 2.75) is 19.0 Å². The lowest BCUT2D eigenvalue weighted by atomic mass is 10.0. The monoisotopic (exact) mass is 420 g/mol. The van der Waals surface area contributed by atoms with Gasteiger partial charge < -0.3 is 15.0 Å². The Hall–Kier alpha value is -3.36. The van der Waals surface area contributed by atoms with E-state index in [0.29, 0.717) is 6.54 Å². The molecule has 158 valence electrons. The van der Waals surface area contributed by atoms with Crippen LogP contribution in [0.5, 0.6) is 0 Å². The number of carbonyl (C=O) groups is 3. The molecule has 0 saturated heterocycles. The summed E-state index contributed by atoms with van der Waals surface area (Å²) in [5.41, 5.74) is 0.931. The summed E-state index contributed by atoms with van der Waals surface area (Å²) in [5, 5.41) is 2.26. The topological polar surface area (TPSA) is 75.7 Å². The summed E-state index contributed by atoms with van der Waals surface area (Å²) < 4.78 is 42.6. The van der Waals surface area contributed by atoms with Crippen LogP contribution >= 0.6 is 0 Å². The second kappa shape index (κ2) is 8.98. The quantitative estimate of drug-likeness (QED) is 0.755. The Labute approximate surface area is 170 Å². The number of alkyl halides is 3. The summed E-state index contributed by atoms with van der Waals surface area (Å²) in [4.78, 5) is 37.8. The number of nitrogens with one attached hydrogen (secondary N) is 1. The fourth-order valence-electron chi connectivity index (χ4n) is 3.13. The van der Waals surface area contributed by atoms with Crippen molar-refractivity contribution in [1.29, 1.82) is 0 Å². The molecule has 2 aromatic carbocycles. The minimum absolute atomic E-state index is 0.0307. The van der Waals surface area contributed by atoms with Gasteiger partial charge >= 0.3 is 12.1 Å². The summed E-state index contributed by atoms with van der Waals surface area (Å²) in [6, 6.07) is 11.1. The minimum Gasteiger partial charge on any atom is -0.454 e. The van der Waals surface area contributed by atoms with Crippen molar-refractivity contribution in [2.24, 2.45) is 0 Å². The number of fused-ring (bicyclic) bond motifs is 1. The van der Waals surface area contributed by atoms with Gasteiger partial charge in [0.25, 0.3) is 11.8 Å². The van der Waals surface area contributed by atoms with Crippen LogP contribution in [-0.2, 0) is 26.9 Å². The van der Waals surface area contributed by atoms with E-state index in [4.69, 9.17) is 4.74 Å². The van der Waals surface area contributed by atoms with Crippen LogP contribution in [0.25, 0.3) is 0 Å². The third-order valence-corrected chi connectivity index (χ3v) is 4.64. The number of hydrogen-bond donors (Lipinski definition) is 1. The van der Waals surface area contributed by atoms with Crippen LogP contribution in [-0.4, -0.2) is 37.5 Å². The zero-order valence-electron chi connectivity index (χ0n) is 15.9. The first kappa shape index (κ1) is 21.4. The largest absolute Gasteiger partial charge is 0.454 e. The Bertz CT molecular complexity index is 942. The van der Waals surface area contributed by atoms with Crippen LogP contribution in [0.1, 0.15) is 27.9 Å². The van der Waals surface area contributed by atoms with Gasteiger partial charge in [0.05, 0.1) is 5.56 Å². The highest BCUT2D eigenvalue weighted by Gasteiger charge is 2.30. The maximum absolute atomic E-state index is 12.5. The molecule has 6 nitrogen and oxygen atoms in total. The number of para-hydroxylation sites is 1. The third kappa shape index (κ3) is 5.16. The van der Waals surface area contributed by atoms with Crippen LogP contribution in [0.2, 0.25) is 0 Å². The number of benzene rings is 2. The van der Waals surface area contributed by atoms with Crippen molar-refractivity contribution < 1.29 is 32.3 Å². The summed E-state index contributed by atoms with van der Waals surface area (Å²) >= 11 is 0. The second-order valence-electron chi connectivity index (χ2n) is 6.70. The van der Waals surface area contributed by atoms with E-state index < -0.39 is 36.8 Å². The molecular weight excluding hydrogens is 401 g/mol. The average molecular weight is 420 g/mol. The Balaban J connectivity index is 1.47. The number of anilines is 1. The predicted molar refractivity (Wildman–Crippen MR) is 102 cm³/mol. The lowest BCUT2D eigenvalue weighted by Gasteiger charge is -2.29. The number of hydrogen-bond acceptors (Lipinski definition) is 4. The smallest absolute Gasteiger partial charge is 0.416 e. The van der Waals surface area contributed by atoms with Gasteiger partial charge in [-0.1, -0.05) is 18.2 Å². The lowest BCUT2D eigenvalue weighted by Crippen LogP contribution is -2.39. The van der Waals surface area contributed by atoms with Crippen molar-refractivity contribution in [2.75, 3.05) is 24.6 Å². The van der Waals surface area contributed by atoms with Crippen molar-refractivity contribution in [3.05, 3.63) is 65.2 Å². The van der Waals surface area contributed by atoms with Gasteiger partial charge in [0, 0.05) is 17.8 Å². The fourth-order valence-corrected chi connectivity index (χ4v) is 3.13. The molecule has 9 heteroatoms. The Morgan fingerprint density at radius 2 is 1.73 bits per heavy atom. The molecule has 0 aromatic heterocycles. The van der Waals surface area contributed by atoms with E-state index in [9.17, 15) is 27.6 Å². The third-order valence-electron chi connectivity index (χ3n) is 4.64. The Morgan fingerprint density at radius 1 is 1.03 bits per heavy atom. The number of nitrogens with zero attached hydrogens (tertiary/aromatic N) is 1. The summed E-state index contributed by atoms with van der Waals surface area (Å²) in [6.45, 7) is -0.453. The summed E-state index contributed by atoms with van der Waals surface area (Å²) in [6.07, 6.45) is -2.82. The van der Waals surface area contributed by atoms with E-state index in [-0.39, 0.29) is 11.5 Å². The molecule has 30 heavy (non-hydrogen) atoms. The molecule has 0 unspecified atom stereocenters. The number of aryl methyl sites for hydroxylation is 1. The average Bonchev–Trinajstić information content (AvgIpc) is 2.74. The summed E-state index contributed by atoms with van der Waals surface area (Å²) in [7, 11) is 0. The number of amides is 2. The van der Waals surface area contributed by atoms with Crippen molar-refractivity contribution >= 4 is 23.5 Å². The highest BCUT2D eigenvalue weighted by Crippen LogP contribution is 2.29. The Morgan fingerprint density at radius 3 is 2.43 bits per heavy atom. The van der Waals surface area contributed by atoms with Gasteiger partial charge in [0.1, 0.15) is 6.54 Å². The number of halogens is 3. The van der Waals surface area contributed by atoms with Gasteiger partial charge in [-0.25, -0.2) is 0 Å². The van der Waals surface area contributed by atoms with E-state index in [0.717, 1.165) is 48.4 Å². The molecule has 1 aliphatic rings. The van der Waals surface area contributed by atoms with Crippen LogP contribution in [0, 0.1) is 0 Å². The maximum atomic E-state index is 12.5. The second-order valence-corrected chi connectivity index (χ2v) is 6.70. The first-order valence-electron chi connectivity index (χ1n) is 9.25. The van der Waals surface area contributed by atoms with E-state index >= 15 is 0 Å². The van der Waals surface area contributed by atoms with E-state index in [1.54, 1.807) is 4.90 Å². The first-order chi connectivity index (χ1) is 14.3. The molecule has 1 heterocycles. The van der Waals surface area contributed by atoms with Gasteiger partial charge in [0.2, 0.25) is 0 Å². The molecule has 0 radical (unpaired) electrons. The molecule has 1 aliphatic heterocycles. The van der Waals surface area contributed by atoms with Crippen molar-refractivity contribution in [3.63, 3.8) is 0 Å². The standard InChI is InChI=1S/C21H19F3N2O4/c22-21(23,24)16-9-7-15(8-10-16)20(29)25-12-19(28)30-13-18(27)26-11-3-5-14-4-1-2-6-17(14)26/h1-2,4,6-10H,3,5,11-13H2,(H,25,29). The molecule has 0 fully saturated rings. The molecule has 0 spiro atoms. The summed E-state index contributed by atoms with van der Waals surface area (Å²) in [5.74, 6) is -1.92. The number of ether oxygens (including phenoxy) is 1. The van der Waals surface area contributed by atoms with Crippen LogP contribution in [0.15, 0.2) is 48.5 Å². The number of esters is 1. The molecule has 2 aromatic rings. The van der Waals surface area contributed by atoms with Crippen LogP contribution < -0.4 is 10.2 Å². The van der Waals surface area contributed by atoms with Crippen LogP contribution in [0.4, 0.5) is 18.9 Å². The normalized spacial score (nSPS) is 13.4. The first-order valence-corrected chi connectivity index (χ1v) is 9.25. The van der Waals surface area contributed by atoms with E-state index in [2.05, 4.69) is 5.32 Å². The molecular formula is C21H19F3N2O4. The van der Waals surface area contributed by atoms with Crippen molar-refractivity contribution in [1.82, 2.24) is 5.32 Å². The van der Waals surface area contributed by atoms with Gasteiger partial charge in [-0.15, -0.1) is 0 Å². The molecule has 3 rings (SSSR count). The van der Waals surface area contributed by atoms with Gasteiger partial charge in [0.15, 0.2) is 6.61 Å². The Kier molecular flexibility index (Phi) is 6.39. The van der Waals surface area contributed by atoms with Crippen molar-refractivity contribution in [3.8, 4) is 0 Å². The maximum Gasteiger partial charge on any atom is 0.416 e.